The van der Waals surface area contributed by atoms with Gasteiger partial charge in [-0.2, -0.15) is 0 Å². The molecule has 0 spiro atoms. The lowest BCUT2D eigenvalue weighted by Gasteiger charge is -2.38. The van der Waals surface area contributed by atoms with Crippen molar-refractivity contribution >= 4 is 0 Å². The standard InChI is InChI=1S/C17H28N2O2/c1-13(2)21-17-8-6-5-7-15(17)16(20)11-14-12-18(3)9-10-19(14)4/h5-8,13-14,16,20H,9-12H2,1-4H3. The largest absolute Gasteiger partial charge is 0.491 e. The Bertz CT molecular complexity index is 450. The molecule has 0 aromatic heterocycles. The Morgan fingerprint density at radius 2 is 1.95 bits per heavy atom. The smallest absolute Gasteiger partial charge is 0.125 e. The lowest BCUT2D eigenvalue weighted by atomic mass is 9.99. The van der Waals surface area contributed by atoms with E-state index in [0.717, 1.165) is 37.4 Å². The third kappa shape index (κ3) is 4.43. The highest BCUT2D eigenvalue weighted by Gasteiger charge is 2.26. The van der Waals surface area contributed by atoms with Gasteiger partial charge in [0.2, 0.25) is 0 Å². The molecule has 1 fully saturated rings. The van der Waals surface area contributed by atoms with Gasteiger partial charge in [-0.05, 0) is 40.4 Å². The van der Waals surface area contributed by atoms with E-state index in [4.69, 9.17) is 4.74 Å². The van der Waals surface area contributed by atoms with Crippen molar-refractivity contribution in [3.63, 3.8) is 0 Å². The highest BCUT2D eigenvalue weighted by Crippen LogP contribution is 2.30. The third-order valence-corrected chi connectivity index (χ3v) is 4.12. The SMILES string of the molecule is CC(C)Oc1ccccc1C(O)CC1CN(C)CCN1C. The Morgan fingerprint density at radius 3 is 2.67 bits per heavy atom. The quantitative estimate of drug-likeness (QED) is 0.902. The summed E-state index contributed by atoms with van der Waals surface area (Å²) in [4.78, 5) is 4.67. The molecule has 1 aromatic rings. The van der Waals surface area contributed by atoms with E-state index in [0.29, 0.717) is 6.04 Å². The Morgan fingerprint density at radius 1 is 1.24 bits per heavy atom. The molecule has 2 unspecified atom stereocenters. The number of para-hydroxylation sites is 1. The van der Waals surface area contributed by atoms with Crippen LogP contribution in [0.5, 0.6) is 5.75 Å². The molecule has 2 rings (SSSR count). The first kappa shape index (κ1) is 16.3. The van der Waals surface area contributed by atoms with Crippen LogP contribution in [-0.4, -0.2) is 60.8 Å². The average Bonchev–Trinajstić information content (AvgIpc) is 2.42. The van der Waals surface area contributed by atoms with Gasteiger partial charge < -0.3 is 19.6 Å². The fourth-order valence-corrected chi connectivity index (χ4v) is 2.86. The van der Waals surface area contributed by atoms with Crippen LogP contribution < -0.4 is 4.74 Å². The molecule has 1 heterocycles. The zero-order valence-corrected chi connectivity index (χ0v) is 13.6. The van der Waals surface area contributed by atoms with Crippen molar-refractivity contribution in [2.75, 3.05) is 33.7 Å². The second-order valence-electron chi connectivity index (χ2n) is 6.35. The summed E-state index contributed by atoms with van der Waals surface area (Å²) >= 11 is 0. The molecule has 1 aromatic carbocycles. The zero-order chi connectivity index (χ0) is 15.4. The van der Waals surface area contributed by atoms with Crippen LogP contribution in [-0.2, 0) is 0 Å². The fraction of sp³-hybridized carbons (Fsp3) is 0.647. The summed E-state index contributed by atoms with van der Waals surface area (Å²) in [5.74, 6) is 0.798. The summed E-state index contributed by atoms with van der Waals surface area (Å²) in [5.41, 5.74) is 0.896. The van der Waals surface area contributed by atoms with Crippen molar-refractivity contribution < 1.29 is 9.84 Å². The van der Waals surface area contributed by atoms with Crippen LogP contribution in [0.15, 0.2) is 24.3 Å². The van der Waals surface area contributed by atoms with Gasteiger partial charge in [-0.25, -0.2) is 0 Å². The number of hydrogen-bond acceptors (Lipinski definition) is 4. The molecule has 0 bridgehead atoms. The lowest BCUT2D eigenvalue weighted by Crippen LogP contribution is -2.50. The molecular weight excluding hydrogens is 264 g/mol. The number of hydrogen-bond donors (Lipinski definition) is 1. The number of aliphatic hydroxyl groups is 1. The zero-order valence-electron chi connectivity index (χ0n) is 13.6. The number of ether oxygens (including phenoxy) is 1. The van der Waals surface area contributed by atoms with Crippen LogP contribution in [0.3, 0.4) is 0 Å². The summed E-state index contributed by atoms with van der Waals surface area (Å²) in [7, 11) is 4.28. The Hall–Kier alpha value is -1.10. The summed E-state index contributed by atoms with van der Waals surface area (Å²) in [5, 5.41) is 10.6. The van der Waals surface area contributed by atoms with E-state index < -0.39 is 6.10 Å². The third-order valence-electron chi connectivity index (χ3n) is 4.12. The molecule has 0 amide bonds. The maximum Gasteiger partial charge on any atom is 0.125 e. The van der Waals surface area contributed by atoms with Gasteiger partial charge in [-0.3, -0.25) is 0 Å². The molecule has 2 atom stereocenters. The van der Waals surface area contributed by atoms with E-state index in [9.17, 15) is 5.11 Å². The lowest BCUT2D eigenvalue weighted by molar-refractivity contribution is 0.0618. The average molecular weight is 292 g/mol. The molecule has 4 nitrogen and oxygen atoms in total. The van der Waals surface area contributed by atoms with Crippen molar-refractivity contribution in [2.24, 2.45) is 0 Å². The molecule has 21 heavy (non-hydrogen) atoms. The predicted octanol–water partition coefficient (Wildman–Crippen LogP) is 2.14. The highest BCUT2D eigenvalue weighted by atomic mass is 16.5. The van der Waals surface area contributed by atoms with Crippen molar-refractivity contribution in [3.05, 3.63) is 29.8 Å². The molecule has 4 heteroatoms. The van der Waals surface area contributed by atoms with Crippen molar-refractivity contribution in [1.82, 2.24) is 9.80 Å². The first-order chi connectivity index (χ1) is 9.97. The maximum absolute atomic E-state index is 10.6. The summed E-state index contributed by atoms with van der Waals surface area (Å²) in [6, 6.07) is 8.20. The minimum absolute atomic E-state index is 0.113. The molecule has 1 aliphatic rings. The van der Waals surface area contributed by atoms with E-state index in [2.05, 4.69) is 23.9 Å². The molecule has 0 saturated carbocycles. The first-order valence-corrected chi connectivity index (χ1v) is 7.79. The number of piperazine rings is 1. The van der Waals surface area contributed by atoms with Crippen LogP contribution >= 0.6 is 0 Å². The van der Waals surface area contributed by atoms with E-state index >= 15 is 0 Å². The van der Waals surface area contributed by atoms with Gasteiger partial charge in [0, 0.05) is 31.2 Å². The van der Waals surface area contributed by atoms with Gasteiger partial charge in [0.25, 0.3) is 0 Å². The number of aliphatic hydroxyl groups excluding tert-OH is 1. The van der Waals surface area contributed by atoms with Crippen LogP contribution in [0.2, 0.25) is 0 Å². The molecule has 0 radical (unpaired) electrons. The van der Waals surface area contributed by atoms with E-state index in [1.165, 1.54) is 0 Å². The van der Waals surface area contributed by atoms with Gasteiger partial charge in [0.1, 0.15) is 5.75 Å². The molecule has 0 aliphatic carbocycles. The summed E-state index contributed by atoms with van der Waals surface area (Å²) in [6.45, 7) is 7.16. The fourth-order valence-electron chi connectivity index (χ4n) is 2.86. The predicted molar refractivity (Wildman–Crippen MR) is 85.7 cm³/mol. The number of rotatable bonds is 5. The molecule has 1 aliphatic heterocycles. The van der Waals surface area contributed by atoms with Crippen LogP contribution in [0.1, 0.15) is 31.9 Å². The summed E-state index contributed by atoms with van der Waals surface area (Å²) in [6.07, 6.45) is 0.361. The van der Waals surface area contributed by atoms with E-state index in [-0.39, 0.29) is 6.10 Å². The number of benzene rings is 1. The topological polar surface area (TPSA) is 35.9 Å². The molecule has 1 saturated heterocycles. The van der Waals surface area contributed by atoms with Crippen molar-refractivity contribution in [3.8, 4) is 5.75 Å². The minimum atomic E-state index is -0.487. The molecule has 118 valence electrons. The first-order valence-electron chi connectivity index (χ1n) is 7.79. The van der Waals surface area contributed by atoms with Crippen molar-refractivity contribution in [2.45, 2.75) is 38.5 Å². The summed E-state index contributed by atoms with van der Waals surface area (Å²) < 4.78 is 5.82. The van der Waals surface area contributed by atoms with Crippen molar-refractivity contribution in [1.29, 1.82) is 0 Å². The monoisotopic (exact) mass is 292 g/mol. The van der Waals surface area contributed by atoms with E-state index in [1.54, 1.807) is 0 Å². The van der Waals surface area contributed by atoms with Gasteiger partial charge in [-0.1, -0.05) is 18.2 Å². The van der Waals surface area contributed by atoms with Gasteiger partial charge in [-0.15, -0.1) is 0 Å². The number of likely N-dealkylation sites (N-methyl/N-ethyl adjacent to an activating group) is 2. The second kappa shape index (κ2) is 7.25. The van der Waals surface area contributed by atoms with Crippen LogP contribution in [0.25, 0.3) is 0 Å². The maximum atomic E-state index is 10.6. The van der Waals surface area contributed by atoms with Crippen LogP contribution in [0.4, 0.5) is 0 Å². The number of nitrogens with zero attached hydrogens (tertiary/aromatic N) is 2. The van der Waals surface area contributed by atoms with Gasteiger partial charge >= 0.3 is 0 Å². The normalized spacial score (nSPS) is 22.5. The highest BCUT2D eigenvalue weighted by molar-refractivity contribution is 5.35. The van der Waals surface area contributed by atoms with Gasteiger partial charge in [0.05, 0.1) is 12.2 Å². The molecular formula is C17H28N2O2. The molecule has 1 N–H and O–H groups in total. The minimum Gasteiger partial charge on any atom is -0.491 e. The Labute approximate surface area is 128 Å². The van der Waals surface area contributed by atoms with Gasteiger partial charge in [0.15, 0.2) is 0 Å². The Kier molecular flexibility index (Phi) is 5.62. The van der Waals surface area contributed by atoms with E-state index in [1.807, 2.05) is 38.1 Å². The Balaban J connectivity index is 2.07. The second-order valence-corrected chi connectivity index (χ2v) is 6.35. The van der Waals surface area contributed by atoms with Crippen LogP contribution in [0, 0.1) is 0 Å².